The Morgan fingerprint density at radius 2 is 2.00 bits per heavy atom. The van der Waals surface area contributed by atoms with Gasteiger partial charge in [0.2, 0.25) is 0 Å². The van der Waals surface area contributed by atoms with Crippen LogP contribution in [0.4, 0.5) is 0 Å². The maximum Gasteiger partial charge on any atom is 0.0475 e. The Morgan fingerprint density at radius 1 is 1.14 bits per heavy atom. The average Bonchev–Trinajstić information content (AvgIpc) is 2.55. The fraction of sp³-hybridized carbons (Fsp3) is 0.579. The minimum Gasteiger partial charge on any atom is -0.297 e. The maximum atomic E-state index is 5.42. The average molecular weight is 282 g/mol. The number of fused-ring (bicyclic) bond motifs is 1. The molecule has 0 saturated carbocycles. The van der Waals surface area contributed by atoms with Crippen LogP contribution in [0.2, 0.25) is 0 Å². The molecule has 2 aliphatic heterocycles. The standard InChI is InChI=1S/C19H26N2/c1-2-3-8-14-21-15-18-12-7-9-13-20(18)16-19(21)17-10-5-4-6-11-17/h1,4-6,10-11,18-19H,3,7-9,12-16H2. The van der Waals surface area contributed by atoms with E-state index in [1.54, 1.807) is 0 Å². The summed E-state index contributed by atoms with van der Waals surface area (Å²) >= 11 is 0. The molecular formula is C19H26N2. The Kier molecular flexibility index (Phi) is 4.95. The number of piperazine rings is 1. The molecule has 0 bridgehead atoms. The largest absolute Gasteiger partial charge is 0.297 e. The summed E-state index contributed by atoms with van der Waals surface area (Å²) in [5, 5.41) is 0. The van der Waals surface area contributed by atoms with E-state index in [1.807, 2.05) is 0 Å². The van der Waals surface area contributed by atoms with E-state index < -0.39 is 0 Å². The summed E-state index contributed by atoms with van der Waals surface area (Å²) in [6.07, 6.45) is 11.6. The normalized spacial score (nSPS) is 27.0. The Bertz CT molecular complexity index is 476. The van der Waals surface area contributed by atoms with E-state index >= 15 is 0 Å². The number of piperidine rings is 1. The fourth-order valence-electron chi connectivity index (χ4n) is 3.87. The Labute approximate surface area is 129 Å². The molecule has 1 aromatic rings. The van der Waals surface area contributed by atoms with Crippen LogP contribution >= 0.6 is 0 Å². The molecule has 0 radical (unpaired) electrons. The van der Waals surface area contributed by atoms with Crippen LogP contribution in [0.1, 0.15) is 43.7 Å². The second kappa shape index (κ2) is 7.11. The quantitative estimate of drug-likeness (QED) is 0.617. The van der Waals surface area contributed by atoms with Crippen LogP contribution in [0, 0.1) is 12.3 Å². The molecule has 2 fully saturated rings. The van der Waals surface area contributed by atoms with Crippen LogP contribution < -0.4 is 0 Å². The summed E-state index contributed by atoms with van der Waals surface area (Å²) in [6.45, 7) is 4.81. The van der Waals surface area contributed by atoms with Crippen LogP contribution in [-0.2, 0) is 0 Å². The smallest absolute Gasteiger partial charge is 0.0475 e. The molecule has 3 rings (SSSR count). The number of hydrogen-bond donors (Lipinski definition) is 0. The number of benzene rings is 1. The lowest BCUT2D eigenvalue weighted by atomic mass is 9.93. The van der Waals surface area contributed by atoms with Gasteiger partial charge in [-0.3, -0.25) is 9.80 Å². The van der Waals surface area contributed by atoms with Crippen molar-refractivity contribution in [1.29, 1.82) is 0 Å². The molecule has 21 heavy (non-hydrogen) atoms. The zero-order chi connectivity index (χ0) is 14.5. The van der Waals surface area contributed by atoms with Gasteiger partial charge >= 0.3 is 0 Å². The van der Waals surface area contributed by atoms with Gasteiger partial charge in [0.05, 0.1) is 0 Å². The van der Waals surface area contributed by atoms with Gasteiger partial charge in [0.15, 0.2) is 0 Å². The van der Waals surface area contributed by atoms with E-state index in [0.29, 0.717) is 6.04 Å². The lowest BCUT2D eigenvalue weighted by Crippen LogP contribution is -2.56. The molecule has 2 saturated heterocycles. The SMILES string of the molecule is C#CCCCN1CC2CCCCN2CC1c1ccccc1. The third-order valence-corrected chi connectivity index (χ3v) is 4.99. The second-order valence-electron chi connectivity index (χ2n) is 6.37. The van der Waals surface area contributed by atoms with Crippen molar-refractivity contribution >= 4 is 0 Å². The summed E-state index contributed by atoms with van der Waals surface area (Å²) < 4.78 is 0. The van der Waals surface area contributed by atoms with Crippen LogP contribution in [0.25, 0.3) is 0 Å². The van der Waals surface area contributed by atoms with Gasteiger partial charge in [-0.05, 0) is 37.9 Å². The van der Waals surface area contributed by atoms with Crippen LogP contribution in [0.15, 0.2) is 30.3 Å². The lowest BCUT2D eigenvalue weighted by Gasteiger charge is -2.48. The first-order chi connectivity index (χ1) is 10.4. The first-order valence-electron chi connectivity index (χ1n) is 8.35. The van der Waals surface area contributed by atoms with Crippen molar-refractivity contribution in [1.82, 2.24) is 9.80 Å². The van der Waals surface area contributed by atoms with Gasteiger partial charge in [-0.25, -0.2) is 0 Å². The van der Waals surface area contributed by atoms with Crippen molar-refractivity contribution in [3.63, 3.8) is 0 Å². The fourth-order valence-corrected chi connectivity index (χ4v) is 3.87. The summed E-state index contributed by atoms with van der Waals surface area (Å²) in [5.74, 6) is 2.78. The zero-order valence-electron chi connectivity index (χ0n) is 12.9. The van der Waals surface area contributed by atoms with Gasteiger partial charge < -0.3 is 0 Å². The van der Waals surface area contributed by atoms with Crippen molar-refractivity contribution in [2.24, 2.45) is 0 Å². The van der Waals surface area contributed by atoms with Gasteiger partial charge in [0, 0.05) is 31.6 Å². The molecular weight excluding hydrogens is 256 g/mol. The highest BCUT2D eigenvalue weighted by atomic mass is 15.3. The van der Waals surface area contributed by atoms with Crippen molar-refractivity contribution in [2.75, 3.05) is 26.2 Å². The zero-order valence-corrected chi connectivity index (χ0v) is 12.9. The number of rotatable bonds is 4. The van der Waals surface area contributed by atoms with Crippen molar-refractivity contribution in [2.45, 2.75) is 44.2 Å². The molecule has 2 heterocycles. The Morgan fingerprint density at radius 3 is 2.81 bits per heavy atom. The number of hydrogen-bond acceptors (Lipinski definition) is 2. The van der Waals surface area contributed by atoms with Crippen molar-refractivity contribution < 1.29 is 0 Å². The predicted molar refractivity (Wildman–Crippen MR) is 88.0 cm³/mol. The lowest BCUT2D eigenvalue weighted by molar-refractivity contribution is 0.00766. The van der Waals surface area contributed by atoms with E-state index in [4.69, 9.17) is 6.42 Å². The predicted octanol–water partition coefficient (Wildman–Crippen LogP) is 3.31. The minimum atomic E-state index is 0.540. The van der Waals surface area contributed by atoms with Crippen LogP contribution in [0.5, 0.6) is 0 Å². The molecule has 2 heteroatoms. The number of nitrogens with zero attached hydrogens (tertiary/aromatic N) is 2. The van der Waals surface area contributed by atoms with Gasteiger partial charge in [-0.2, -0.15) is 0 Å². The molecule has 112 valence electrons. The van der Waals surface area contributed by atoms with Gasteiger partial charge in [0.25, 0.3) is 0 Å². The summed E-state index contributed by atoms with van der Waals surface area (Å²) in [4.78, 5) is 5.40. The first kappa shape index (κ1) is 14.6. The van der Waals surface area contributed by atoms with E-state index in [9.17, 15) is 0 Å². The van der Waals surface area contributed by atoms with Crippen molar-refractivity contribution in [3.05, 3.63) is 35.9 Å². The van der Waals surface area contributed by atoms with E-state index in [-0.39, 0.29) is 0 Å². The topological polar surface area (TPSA) is 6.48 Å². The van der Waals surface area contributed by atoms with E-state index in [2.05, 4.69) is 46.1 Å². The highest BCUT2D eigenvalue weighted by Gasteiger charge is 2.35. The molecule has 0 aliphatic carbocycles. The monoisotopic (exact) mass is 282 g/mol. The molecule has 1 aromatic carbocycles. The number of terminal acetylenes is 1. The molecule has 2 unspecified atom stereocenters. The highest BCUT2D eigenvalue weighted by molar-refractivity contribution is 5.20. The molecule has 2 nitrogen and oxygen atoms in total. The van der Waals surface area contributed by atoms with Crippen LogP contribution in [-0.4, -0.2) is 42.0 Å². The van der Waals surface area contributed by atoms with Gasteiger partial charge in [-0.15, -0.1) is 12.3 Å². The third-order valence-electron chi connectivity index (χ3n) is 4.99. The third kappa shape index (κ3) is 3.48. The maximum absolute atomic E-state index is 5.42. The van der Waals surface area contributed by atoms with E-state index in [1.165, 1.54) is 44.5 Å². The summed E-state index contributed by atoms with van der Waals surface area (Å²) in [7, 11) is 0. The molecule has 0 spiro atoms. The molecule has 2 aliphatic rings. The summed E-state index contributed by atoms with van der Waals surface area (Å²) in [5.41, 5.74) is 1.46. The Hall–Kier alpha value is -1.30. The minimum absolute atomic E-state index is 0.540. The Balaban J connectivity index is 1.74. The second-order valence-corrected chi connectivity index (χ2v) is 6.37. The van der Waals surface area contributed by atoms with Gasteiger partial charge in [0.1, 0.15) is 0 Å². The summed E-state index contributed by atoms with van der Waals surface area (Å²) in [6, 6.07) is 12.3. The molecule has 2 atom stereocenters. The first-order valence-corrected chi connectivity index (χ1v) is 8.35. The molecule has 0 N–H and O–H groups in total. The van der Waals surface area contributed by atoms with Gasteiger partial charge in [-0.1, -0.05) is 36.8 Å². The number of unbranched alkanes of at least 4 members (excludes halogenated alkanes) is 1. The highest BCUT2D eigenvalue weighted by Crippen LogP contribution is 2.31. The molecule has 0 amide bonds. The van der Waals surface area contributed by atoms with Crippen molar-refractivity contribution in [3.8, 4) is 12.3 Å². The molecule has 0 aromatic heterocycles. The van der Waals surface area contributed by atoms with E-state index in [0.717, 1.165) is 25.4 Å². The van der Waals surface area contributed by atoms with Crippen LogP contribution in [0.3, 0.4) is 0 Å².